The molecule has 7 nitrogen and oxygen atoms in total. The van der Waals surface area contributed by atoms with Crippen molar-refractivity contribution in [3.8, 4) is 5.75 Å². The largest absolute Gasteiger partial charge is 0.497 e. The van der Waals surface area contributed by atoms with E-state index in [1.807, 2.05) is 52.9 Å². The lowest BCUT2D eigenvalue weighted by Crippen LogP contribution is -2.24. The predicted octanol–water partition coefficient (Wildman–Crippen LogP) is 2.55. The minimum Gasteiger partial charge on any atom is -0.497 e. The SMILES string of the molecule is COc1ccc(Cn2nc(C)nc2C2CC(=O)N(Cc3cccnc3)C2)cc1. The summed E-state index contributed by atoms with van der Waals surface area (Å²) in [5.41, 5.74) is 2.15. The summed E-state index contributed by atoms with van der Waals surface area (Å²) < 4.78 is 7.14. The molecule has 144 valence electrons. The van der Waals surface area contributed by atoms with Gasteiger partial charge in [0.05, 0.1) is 13.7 Å². The number of hydrogen-bond donors (Lipinski definition) is 0. The summed E-state index contributed by atoms with van der Waals surface area (Å²) >= 11 is 0. The van der Waals surface area contributed by atoms with Crippen LogP contribution in [0.1, 0.15) is 35.1 Å². The van der Waals surface area contributed by atoms with E-state index in [4.69, 9.17) is 4.74 Å². The number of likely N-dealkylation sites (tertiary alicyclic amines) is 1. The van der Waals surface area contributed by atoms with E-state index in [1.165, 1.54) is 0 Å². The number of amides is 1. The molecule has 1 aliphatic rings. The van der Waals surface area contributed by atoms with Crippen molar-refractivity contribution in [3.05, 3.63) is 71.6 Å². The van der Waals surface area contributed by atoms with Gasteiger partial charge in [-0.05, 0) is 36.2 Å². The van der Waals surface area contributed by atoms with Gasteiger partial charge in [-0.1, -0.05) is 18.2 Å². The first-order valence-corrected chi connectivity index (χ1v) is 9.33. The Morgan fingerprint density at radius 3 is 2.68 bits per heavy atom. The molecule has 0 saturated carbocycles. The van der Waals surface area contributed by atoms with Gasteiger partial charge in [0.2, 0.25) is 5.91 Å². The molecule has 1 unspecified atom stereocenters. The molecule has 2 aromatic heterocycles. The summed E-state index contributed by atoms with van der Waals surface area (Å²) in [4.78, 5) is 23.2. The van der Waals surface area contributed by atoms with Gasteiger partial charge in [0.15, 0.2) is 0 Å². The van der Waals surface area contributed by atoms with Crippen molar-refractivity contribution >= 4 is 5.91 Å². The van der Waals surface area contributed by atoms with E-state index >= 15 is 0 Å². The molecule has 1 amide bonds. The van der Waals surface area contributed by atoms with Crippen LogP contribution < -0.4 is 4.74 Å². The van der Waals surface area contributed by atoms with Crippen LogP contribution in [-0.4, -0.2) is 44.2 Å². The van der Waals surface area contributed by atoms with Crippen LogP contribution in [0.15, 0.2) is 48.8 Å². The highest BCUT2D eigenvalue weighted by Crippen LogP contribution is 2.28. The molecule has 0 bridgehead atoms. The number of carbonyl (C=O) groups is 1. The summed E-state index contributed by atoms with van der Waals surface area (Å²) in [5.74, 6) is 2.61. The average Bonchev–Trinajstić information content (AvgIpc) is 3.25. The van der Waals surface area contributed by atoms with Crippen LogP contribution in [0.5, 0.6) is 5.75 Å². The molecular formula is C21H23N5O2. The molecule has 1 aliphatic heterocycles. The molecule has 1 saturated heterocycles. The molecule has 7 heteroatoms. The second kappa shape index (κ2) is 7.80. The number of methoxy groups -OCH3 is 1. The van der Waals surface area contributed by atoms with Crippen molar-refractivity contribution < 1.29 is 9.53 Å². The minimum absolute atomic E-state index is 0.0450. The Labute approximate surface area is 164 Å². The number of pyridine rings is 1. The van der Waals surface area contributed by atoms with E-state index < -0.39 is 0 Å². The van der Waals surface area contributed by atoms with Crippen molar-refractivity contribution in [2.75, 3.05) is 13.7 Å². The second-order valence-corrected chi connectivity index (χ2v) is 7.06. The van der Waals surface area contributed by atoms with Crippen LogP contribution in [0.25, 0.3) is 0 Å². The summed E-state index contributed by atoms with van der Waals surface area (Å²) in [6, 6.07) is 11.8. The molecule has 0 radical (unpaired) electrons. The molecular weight excluding hydrogens is 354 g/mol. The van der Waals surface area contributed by atoms with E-state index in [-0.39, 0.29) is 11.8 Å². The molecule has 0 N–H and O–H groups in total. The van der Waals surface area contributed by atoms with Crippen molar-refractivity contribution in [2.45, 2.75) is 32.4 Å². The van der Waals surface area contributed by atoms with Gasteiger partial charge in [-0.2, -0.15) is 5.10 Å². The maximum atomic E-state index is 12.5. The third kappa shape index (κ3) is 3.88. The van der Waals surface area contributed by atoms with E-state index in [0.29, 0.717) is 26.1 Å². The fourth-order valence-corrected chi connectivity index (χ4v) is 3.60. The van der Waals surface area contributed by atoms with Crippen molar-refractivity contribution in [3.63, 3.8) is 0 Å². The molecule has 3 heterocycles. The number of rotatable bonds is 6. The van der Waals surface area contributed by atoms with Gasteiger partial charge in [-0.3, -0.25) is 9.78 Å². The van der Waals surface area contributed by atoms with Crippen molar-refractivity contribution in [1.82, 2.24) is 24.6 Å². The van der Waals surface area contributed by atoms with Gasteiger partial charge >= 0.3 is 0 Å². The zero-order valence-corrected chi connectivity index (χ0v) is 16.1. The van der Waals surface area contributed by atoms with Crippen molar-refractivity contribution in [2.24, 2.45) is 0 Å². The van der Waals surface area contributed by atoms with Crippen LogP contribution in [0.3, 0.4) is 0 Å². The second-order valence-electron chi connectivity index (χ2n) is 7.06. The van der Waals surface area contributed by atoms with Gasteiger partial charge in [0.1, 0.15) is 17.4 Å². The Balaban J connectivity index is 1.50. The minimum atomic E-state index is 0.0450. The van der Waals surface area contributed by atoms with Gasteiger partial charge in [-0.15, -0.1) is 0 Å². The zero-order chi connectivity index (χ0) is 19.5. The lowest BCUT2D eigenvalue weighted by Gasteiger charge is -2.16. The van der Waals surface area contributed by atoms with E-state index in [9.17, 15) is 4.79 Å². The topological polar surface area (TPSA) is 73.1 Å². The molecule has 28 heavy (non-hydrogen) atoms. The third-order valence-corrected chi connectivity index (χ3v) is 4.97. The van der Waals surface area contributed by atoms with Gasteiger partial charge in [0.25, 0.3) is 0 Å². The van der Waals surface area contributed by atoms with Crippen LogP contribution in [0, 0.1) is 6.92 Å². The van der Waals surface area contributed by atoms with E-state index in [0.717, 1.165) is 28.5 Å². The third-order valence-electron chi connectivity index (χ3n) is 4.97. The van der Waals surface area contributed by atoms with Crippen molar-refractivity contribution in [1.29, 1.82) is 0 Å². The summed E-state index contributed by atoms with van der Waals surface area (Å²) in [6.07, 6.45) is 4.00. The van der Waals surface area contributed by atoms with E-state index in [2.05, 4.69) is 15.1 Å². The quantitative estimate of drug-likeness (QED) is 0.660. The number of ether oxygens (including phenoxy) is 1. The number of benzene rings is 1. The monoisotopic (exact) mass is 377 g/mol. The number of aryl methyl sites for hydroxylation is 1. The first-order valence-electron chi connectivity index (χ1n) is 9.33. The molecule has 4 rings (SSSR count). The number of carbonyl (C=O) groups excluding carboxylic acids is 1. The maximum absolute atomic E-state index is 12.5. The number of nitrogens with zero attached hydrogens (tertiary/aromatic N) is 5. The molecule has 1 fully saturated rings. The van der Waals surface area contributed by atoms with Crippen LogP contribution >= 0.6 is 0 Å². The smallest absolute Gasteiger partial charge is 0.223 e. The molecule has 1 atom stereocenters. The predicted molar refractivity (Wildman–Crippen MR) is 104 cm³/mol. The normalized spacial score (nSPS) is 16.6. The lowest BCUT2D eigenvalue weighted by atomic mass is 10.1. The summed E-state index contributed by atoms with van der Waals surface area (Å²) in [7, 11) is 1.66. The highest BCUT2D eigenvalue weighted by Gasteiger charge is 2.34. The Hall–Kier alpha value is -3.22. The first-order chi connectivity index (χ1) is 13.6. The fraction of sp³-hybridized carbons (Fsp3) is 0.333. The van der Waals surface area contributed by atoms with Gasteiger partial charge in [0, 0.05) is 37.8 Å². The average molecular weight is 377 g/mol. The fourth-order valence-electron chi connectivity index (χ4n) is 3.60. The maximum Gasteiger partial charge on any atom is 0.223 e. The Morgan fingerprint density at radius 1 is 1.14 bits per heavy atom. The van der Waals surface area contributed by atoms with Gasteiger partial charge in [-0.25, -0.2) is 9.67 Å². The van der Waals surface area contributed by atoms with Crippen LogP contribution in [0.2, 0.25) is 0 Å². The van der Waals surface area contributed by atoms with E-state index in [1.54, 1.807) is 19.5 Å². The Bertz CT molecular complexity index is 953. The highest BCUT2D eigenvalue weighted by atomic mass is 16.5. The lowest BCUT2D eigenvalue weighted by molar-refractivity contribution is -0.128. The Morgan fingerprint density at radius 2 is 1.96 bits per heavy atom. The first kappa shape index (κ1) is 18.2. The molecule has 1 aromatic carbocycles. The van der Waals surface area contributed by atoms with Crippen LogP contribution in [-0.2, 0) is 17.9 Å². The Kier molecular flexibility index (Phi) is 5.06. The summed E-state index contributed by atoms with van der Waals surface area (Å²) in [6.45, 7) is 3.73. The summed E-state index contributed by atoms with van der Waals surface area (Å²) in [5, 5.41) is 4.56. The highest BCUT2D eigenvalue weighted by molar-refractivity contribution is 5.79. The molecule has 3 aromatic rings. The number of aromatic nitrogens is 4. The molecule has 0 spiro atoms. The number of hydrogen-bond acceptors (Lipinski definition) is 5. The standard InChI is InChI=1S/C21H23N5O2/c1-15-23-21(26(24-15)13-16-5-7-19(28-2)8-6-16)18-10-20(27)25(14-18)12-17-4-3-9-22-11-17/h3-9,11,18H,10,12-14H2,1-2H3. The zero-order valence-electron chi connectivity index (χ0n) is 16.1. The van der Waals surface area contributed by atoms with Gasteiger partial charge < -0.3 is 9.64 Å². The molecule has 0 aliphatic carbocycles. The van der Waals surface area contributed by atoms with Crippen LogP contribution in [0.4, 0.5) is 0 Å².